The van der Waals surface area contributed by atoms with Gasteiger partial charge in [0, 0.05) is 25.3 Å². The van der Waals surface area contributed by atoms with Gasteiger partial charge in [-0.25, -0.2) is 0 Å². The molecule has 0 atom stereocenters. The fourth-order valence-corrected chi connectivity index (χ4v) is 2.05. The Morgan fingerprint density at radius 1 is 1.28 bits per heavy atom. The second-order valence-corrected chi connectivity index (χ2v) is 5.04. The van der Waals surface area contributed by atoms with Gasteiger partial charge in [0.1, 0.15) is 5.75 Å². The van der Waals surface area contributed by atoms with Crippen molar-refractivity contribution < 1.29 is 9.53 Å². The number of carbonyl (C=O) groups excluding carboxylic acids is 1. The molecule has 0 aliphatic carbocycles. The Hall–Kier alpha value is -1.03. The molecule has 0 spiro atoms. The average molecular weight is 314 g/mol. The van der Waals surface area contributed by atoms with E-state index in [4.69, 9.17) is 4.74 Å². The summed E-state index contributed by atoms with van der Waals surface area (Å²) in [5.41, 5.74) is 1.12. The van der Waals surface area contributed by atoms with Crippen LogP contribution in [0.25, 0.3) is 0 Å². The third kappa shape index (κ3) is 5.08. The van der Waals surface area contributed by atoms with Crippen LogP contribution in [0.15, 0.2) is 24.3 Å². The lowest BCUT2D eigenvalue weighted by atomic mass is 10.2. The van der Waals surface area contributed by atoms with Gasteiger partial charge in [0.15, 0.2) is 0 Å². The van der Waals surface area contributed by atoms with Crippen molar-refractivity contribution in [2.24, 2.45) is 0 Å². The number of nitrogens with zero attached hydrogens (tertiary/aromatic N) is 1. The van der Waals surface area contributed by atoms with E-state index in [1.54, 1.807) is 12.0 Å². The fourth-order valence-electron chi connectivity index (χ4n) is 1.65. The number of hydrogen-bond donors (Lipinski definition) is 0. The Kier molecular flexibility index (Phi) is 6.80. The second-order valence-electron chi connectivity index (χ2n) is 4.24. The van der Waals surface area contributed by atoms with Gasteiger partial charge >= 0.3 is 0 Å². The number of ether oxygens (including phenoxy) is 1. The van der Waals surface area contributed by atoms with Gasteiger partial charge in [0.2, 0.25) is 5.91 Å². The predicted molar refractivity (Wildman–Crippen MR) is 77.1 cm³/mol. The molecule has 0 heterocycles. The lowest BCUT2D eigenvalue weighted by Gasteiger charge is -2.17. The zero-order valence-corrected chi connectivity index (χ0v) is 12.6. The summed E-state index contributed by atoms with van der Waals surface area (Å²) in [4.78, 5) is 13.6. The van der Waals surface area contributed by atoms with Crippen LogP contribution in [0, 0.1) is 0 Å². The molecule has 3 nitrogen and oxygen atoms in total. The first kappa shape index (κ1) is 15.0. The Morgan fingerprint density at radius 3 is 2.50 bits per heavy atom. The van der Waals surface area contributed by atoms with E-state index in [0.29, 0.717) is 13.0 Å². The van der Waals surface area contributed by atoms with E-state index in [2.05, 4.69) is 15.9 Å². The molecule has 0 aliphatic rings. The summed E-state index contributed by atoms with van der Waals surface area (Å²) in [7, 11) is 3.50. The molecule has 1 rings (SSSR count). The largest absolute Gasteiger partial charge is 0.497 e. The lowest BCUT2D eigenvalue weighted by Crippen LogP contribution is -2.25. The normalized spacial score (nSPS) is 10.2. The van der Waals surface area contributed by atoms with Gasteiger partial charge < -0.3 is 9.64 Å². The van der Waals surface area contributed by atoms with Gasteiger partial charge in [-0.2, -0.15) is 0 Å². The number of alkyl halides is 1. The Labute approximate surface area is 117 Å². The molecule has 4 heteroatoms. The first-order valence-electron chi connectivity index (χ1n) is 6.10. The van der Waals surface area contributed by atoms with Gasteiger partial charge in [-0.3, -0.25) is 4.79 Å². The minimum absolute atomic E-state index is 0.201. The average Bonchev–Trinajstić information content (AvgIpc) is 2.39. The van der Waals surface area contributed by atoms with Crippen molar-refractivity contribution in [3.8, 4) is 5.75 Å². The Morgan fingerprint density at radius 2 is 1.94 bits per heavy atom. The Balaban J connectivity index is 2.42. The third-order valence-corrected chi connectivity index (χ3v) is 3.34. The molecule has 0 unspecified atom stereocenters. The maximum absolute atomic E-state index is 11.8. The molecule has 0 saturated carbocycles. The van der Waals surface area contributed by atoms with E-state index in [0.717, 1.165) is 29.5 Å². The summed E-state index contributed by atoms with van der Waals surface area (Å²) in [5.74, 6) is 1.04. The van der Waals surface area contributed by atoms with E-state index in [1.807, 2.05) is 31.3 Å². The highest BCUT2D eigenvalue weighted by molar-refractivity contribution is 9.09. The standard InChI is InChI=1S/C14H20BrNO2/c1-16(14(17)5-3-4-10-15)11-12-6-8-13(18-2)9-7-12/h6-9H,3-5,10-11H2,1-2H3. The quantitative estimate of drug-likeness (QED) is 0.571. The molecule has 1 amide bonds. The number of halogens is 1. The molecule has 18 heavy (non-hydrogen) atoms. The smallest absolute Gasteiger partial charge is 0.222 e. The summed E-state index contributed by atoms with van der Waals surface area (Å²) in [5, 5.41) is 0.961. The van der Waals surface area contributed by atoms with Crippen molar-refractivity contribution in [1.29, 1.82) is 0 Å². The molecule has 1 aromatic rings. The fraction of sp³-hybridized carbons (Fsp3) is 0.500. The molecular formula is C14H20BrNO2. The molecule has 0 N–H and O–H groups in total. The van der Waals surface area contributed by atoms with E-state index >= 15 is 0 Å². The van der Waals surface area contributed by atoms with Crippen molar-refractivity contribution in [3.63, 3.8) is 0 Å². The topological polar surface area (TPSA) is 29.5 Å². The molecule has 100 valence electrons. The summed E-state index contributed by atoms with van der Waals surface area (Å²) in [6.07, 6.45) is 2.61. The highest BCUT2D eigenvalue weighted by Gasteiger charge is 2.08. The summed E-state index contributed by atoms with van der Waals surface area (Å²) < 4.78 is 5.10. The highest BCUT2D eigenvalue weighted by Crippen LogP contribution is 2.13. The first-order valence-corrected chi connectivity index (χ1v) is 7.22. The molecular weight excluding hydrogens is 294 g/mol. The molecule has 1 aromatic carbocycles. The third-order valence-electron chi connectivity index (χ3n) is 2.78. The number of methoxy groups -OCH3 is 1. The molecule has 0 radical (unpaired) electrons. The minimum atomic E-state index is 0.201. The minimum Gasteiger partial charge on any atom is -0.497 e. The van der Waals surface area contributed by atoms with Crippen molar-refractivity contribution in [3.05, 3.63) is 29.8 Å². The van der Waals surface area contributed by atoms with Gasteiger partial charge in [-0.05, 0) is 30.5 Å². The molecule has 0 bridgehead atoms. The zero-order chi connectivity index (χ0) is 13.4. The van der Waals surface area contributed by atoms with Crippen LogP contribution < -0.4 is 4.74 Å². The van der Waals surface area contributed by atoms with Gasteiger partial charge in [-0.1, -0.05) is 28.1 Å². The van der Waals surface area contributed by atoms with E-state index in [-0.39, 0.29) is 5.91 Å². The van der Waals surface area contributed by atoms with E-state index in [9.17, 15) is 4.79 Å². The first-order chi connectivity index (χ1) is 8.67. The molecule has 0 aromatic heterocycles. The highest BCUT2D eigenvalue weighted by atomic mass is 79.9. The van der Waals surface area contributed by atoms with Gasteiger partial charge in [-0.15, -0.1) is 0 Å². The number of rotatable bonds is 7. The van der Waals surface area contributed by atoms with Crippen molar-refractivity contribution in [1.82, 2.24) is 4.90 Å². The number of hydrogen-bond acceptors (Lipinski definition) is 2. The van der Waals surface area contributed by atoms with Crippen LogP contribution in [0.1, 0.15) is 24.8 Å². The van der Waals surface area contributed by atoms with Crippen LogP contribution in [0.5, 0.6) is 5.75 Å². The van der Waals surface area contributed by atoms with E-state index < -0.39 is 0 Å². The maximum atomic E-state index is 11.8. The van der Waals surface area contributed by atoms with Crippen LogP contribution in [-0.4, -0.2) is 30.3 Å². The van der Waals surface area contributed by atoms with Crippen molar-refractivity contribution in [2.45, 2.75) is 25.8 Å². The van der Waals surface area contributed by atoms with Crippen molar-refractivity contribution in [2.75, 3.05) is 19.5 Å². The monoisotopic (exact) mass is 313 g/mol. The zero-order valence-electron chi connectivity index (χ0n) is 11.0. The number of carbonyl (C=O) groups is 1. The molecule has 0 fully saturated rings. The summed E-state index contributed by atoms with van der Waals surface area (Å²) in [6.45, 7) is 0.650. The van der Waals surface area contributed by atoms with Crippen LogP contribution in [0.3, 0.4) is 0 Å². The van der Waals surface area contributed by atoms with Crippen molar-refractivity contribution >= 4 is 21.8 Å². The number of amides is 1. The van der Waals surface area contributed by atoms with Crippen LogP contribution in [0.4, 0.5) is 0 Å². The maximum Gasteiger partial charge on any atom is 0.222 e. The second kappa shape index (κ2) is 8.14. The number of unbranched alkanes of at least 4 members (excludes halogenated alkanes) is 1. The predicted octanol–water partition coefficient (Wildman–Crippen LogP) is 3.22. The van der Waals surface area contributed by atoms with Gasteiger partial charge in [0.05, 0.1) is 7.11 Å². The number of benzene rings is 1. The van der Waals surface area contributed by atoms with Crippen LogP contribution >= 0.6 is 15.9 Å². The van der Waals surface area contributed by atoms with Crippen LogP contribution in [-0.2, 0) is 11.3 Å². The van der Waals surface area contributed by atoms with E-state index in [1.165, 1.54) is 0 Å². The van der Waals surface area contributed by atoms with Crippen LogP contribution in [0.2, 0.25) is 0 Å². The lowest BCUT2D eigenvalue weighted by molar-refractivity contribution is -0.130. The summed E-state index contributed by atoms with van der Waals surface area (Å²) >= 11 is 3.37. The van der Waals surface area contributed by atoms with Gasteiger partial charge in [0.25, 0.3) is 0 Å². The Bertz CT molecular complexity index is 365. The SMILES string of the molecule is COc1ccc(CN(C)C(=O)CCCCBr)cc1. The summed E-state index contributed by atoms with van der Waals surface area (Å²) in [6, 6.07) is 7.80. The molecule has 0 aliphatic heterocycles. The molecule has 0 saturated heterocycles.